The maximum absolute atomic E-state index is 12.7. The fourth-order valence-electron chi connectivity index (χ4n) is 3.04. The van der Waals surface area contributed by atoms with Crippen LogP contribution in [0.2, 0.25) is 0 Å². The molecule has 2 aromatic rings. The summed E-state index contributed by atoms with van der Waals surface area (Å²) >= 11 is 0. The van der Waals surface area contributed by atoms with Crippen molar-refractivity contribution in [3.05, 3.63) is 96.6 Å². The molecule has 6 heteroatoms. The Bertz CT molecular complexity index is 1010. The Balaban J connectivity index is 0.000000546. The van der Waals surface area contributed by atoms with Crippen molar-refractivity contribution in [2.24, 2.45) is 0 Å². The summed E-state index contributed by atoms with van der Waals surface area (Å²) in [7, 11) is 0. The number of carboxylic acids is 1. The molecule has 0 radical (unpaired) electrons. The number of imide groups is 1. The average Bonchev–Trinajstić information content (AvgIpc) is 2.86. The standard InChI is InChI=1S/C19H20N2O4.C9H14/c1-2-11-21(19(25)20-13-17(22)23)18(24)16-10-6-9-15(12-16)14-7-4-3-5-8-14;1-4-7-9(6-3)8-5-2/h3-10,12H,2,11,13H2,1H3,(H,20,25)(H,22,23);4-5,7-8H,1,6H2,2-3H3/b;8-5-,9-7-. The first-order valence-electron chi connectivity index (χ1n) is 11.3. The molecule has 2 rings (SSSR count). The summed E-state index contributed by atoms with van der Waals surface area (Å²) in [6.07, 6.45) is 9.64. The van der Waals surface area contributed by atoms with Crippen LogP contribution in [0.4, 0.5) is 4.79 Å². The van der Waals surface area contributed by atoms with E-state index in [1.165, 1.54) is 5.57 Å². The second-order valence-corrected chi connectivity index (χ2v) is 7.29. The minimum Gasteiger partial charge on any atom is -0.480 e. The van der Waals surface area contributed by atoms with E-state index >= 15 is 0 Å². The molecule has 6 nitrogen and oxygen atoms in total. The van der Waals surface area contributed by atoms with Crippen LogP contribution in [0.1, 0.15) is 44.0 Å². The van der Waals surface area contributed by atoms with Crippen LogP contribution in [0, 0.1) is 0 Å². The molecule has 0 aliphatic rings. The van der Waals surface area contributed by atoms with Gasteiger partial charge in [-0.05, 0) is 48.6 Å². The van der Waals surface area contributed by atoms with Gasteiger partial charge in [0.2, 0.25) is 0 Å². The van der Waals surface area contributed by atoms with Crippen molar-refractivity contribution < 1.29 is 19.5 Å². The van der Waals surface area contributed by atoms with Gasteiger partial charge in [0.25, 0.3) is 5.91 Å². The summed E-state index contributed by atoms with van der Waals surface area (Å²) in [5.74, 6) is -1.62. The quantitative estimate of drug-likeness (QED) is 0.442. The predicted molar refractivity (Wildman–Crippen MR) is 138 cm³/mol. The van der Waals surface area contributed by atoms with E-state index in [1.807, 2.05) is 68.5 Å². The molecule has 0 unspecified atom stereocenters. The van der Waals surface area contributed by atoms with Gasteiger partial charge in [0.15, 0.2) is 0 Å². The first-order valence-corrected chi connectivity index (χ1v) is 11.3. The van der Waals surface area contributed by atoms with Gasteiger partial charge in [-0.1, -0.05) is 87.2 Å². The largest absolute Gasteiger partial charge is 0.480 e. The van der Waals surface area contributed by atoms with E-state index in [0.717, 1.165) is 22.4 Å². The van der Waals surface area contributed by atoms with Crippen molar-refractivity contribution in [1.29, 1.82) is 0 Å². The number of allylic oxidation sites excluding steroid dienone is 5. The number of nitrogens with zero attached hydrogens (tertiary/aromatic N) is 1. The number of hydrogen-bond acceptors (Lipinski definition) is 3. The van der Waals surface area contributed by atoms with Gasteiger partial charge in [0.1, 0.15) is 6.54 Å². The molecule has 0 spiro atoms. The number of hydrogen-bond donors (Lipinski definition) is 2. The molecule has 0 aliphatic carbocycles. The van der Waals surface area contributed by atoms with Gasteiger partial charge in [0, 0.05) is 12.1 Å². The fraction of sp³-hybridized carbons (Fsp3) is 0.250. The molecule has 3 amide bonds. The Labute approximate surface area is 202 Å². The Morgan fingerprint density at radius 1 is 1.03 bits per heavy atom. The van der Waals surface area contributed by atoms with E-state index in [2.05, 4.69) is 24.9 Å². The van der Waals surface area contributed by atoms with Crippen LogP contribution >= 0.6 is 0 Å². The summed E-state index contributed by atoms with van der Waals surface area (Å²) < 4.78 is 0. The number of nitrogens with one attached hydrogen (secondary N) is 1. The molecule has 0 aliphatic heterocycles. The zero-order chi connectivity index (χ0) is 25.3. The van der Waals surface area contributed by atoms with Gasteiger partial charge in [-0.15, -0.1) is 0 Å². The Morgan fingerprint density at radius 3 is 2.26 bits per heavy atom. The third-order valence-corrected chi connectivity index (χ3v) is 4.67. The van der Waals surface area contributed by atoms with Gasteiger partial charge in [0.05, 0.1) is 0 Å². The van der Waals surface area contributed by atoms with E-state index < -0.39 is 24.5 Å². The van der Waals surface area contributed by atoms with Gasteiger partial charge < -0.3 is 10.4 Å². The van der Waals surface area contributed by atoms with Crippen molar-refractivity contribution in [3.8, 4) is 11.1 Å². The molecule has 34 heavy (non-hydrogen) atoms. The van der Waals surface area contributed by atoms with Gasteiger partial charge >= 0.3 is 12.0 Å². The van der Waals surface area contributed by atoms with Crippen LogP contribution in [0.25, 0.3) is 11.1 Å². The lowest BCUT2D eigenvalue weighted by Gasteiger charge is -2.20. The van der Waals surface area contributed by atoms with Crippen molar-refractivity contribution in [2.45, 2.75) is 33.6 Å². The molecule has 180 valence electrons. The Hall–Kier alpha value is -3.93. The molecule has 0 atom stereocenters. The molecule has 0 saturated heterocycles. The summed E-state index contributed by atoms with van der Waals surface area (Å²) in [4.78, 5) is 36.5. The highest BCUT2D eigenvalue weighted by Crippen LogP contribution is 2.21. The smallest absolute Gasteiger partial charge is 0.324 e. The number of carbonyl (C=O) groups excluding carboxylic acids is 2. The topological polar surface area (TPSA) is 86.7 Å². The first kappa shape index (κ1) is 28.1. The minimum atomic E-state index is -1.16. The summed E-state index contributed by atoms with van der Waals surface area (Å²) in [6.45, 7) is 9.29. The van der Waals surface area contributed by atoms with Crippen LogP contribution in [0.15, 0.2) is 91.1 Å². The number of carbonyl (C=O) groups is 3. The molecular weight excluding hydrogens is 428 g/mol. The molecule has 2 N–H and O–H groups in total. The SMILES string of the molecule is C=C/C=C(\C=C/C)CC.CCCN(C(=O)NCC(=O)O)C(=O)c1cccc(-c2ccccc2)c1. The fourth-order valence-corrected chi connectivity index (χ4v) is 3.04. The van der Waals surface area contributed by atoms with Crippen molar-refractivity contribution >= 4 is 17.9 Å². The van der Waals surface area contributed by atoms with E-state index in [0.29, 0.717) is 12.0 Å². The maximum atomic E-state index is 12.7. The maximum Gasteiger partial charge on any atom is 0.324 e. The van der Waals surface area contributed by atoms with Crippen LogP contribution in [0.3, 0.4) is 0 Å². The molecule has 0 fully saturated rings. The lowest BCUT2D eigenvalue weighted by molar-refractivity contribution is -0.135. The highest BCUT2D eigenvalue weighted by Gasteiger charge is 2.22. The third kappa shape index (κ3) is 9.69. The van der Waals surface area contributed by atoms with Crippen LogP contribution in [-0.4, -0.2) is 41.0 Å². The number of carboxylic acid groups (broad SMARTS) is 1. The van der Waals surface area contributed by atoms with Crippen molar-refractivity contribution in [1.82, 2.24) is 10.2 Å². The lowest BCUT2D eigenvalue weighted by Crippen LogP contribution is -2.45. The molecular formula is C28H34N2O4. The van der Waals surface area contributed by atoms with Crippen molar-refractivity contribution in [3.63, 3.8) is 0 Å². The lowest BCUT2D eigenvalue weighted by atomic mass is 10.0. The summed E-state index contributed by atoms with van der Waals surface area (Å²) in [6, 6.07) is 15.9. The number of aliphatic carboxylic acids is 1. The monoisotopic (exact) mass is 462 g/mol. The number of benzene rings is 2. The molecule has 2 aromatic carbocycles. The van der Waals surface area contributed by atoms with Crippen LogP contribution in [-0.2, 0) is 4.79 Å². The highest BCUT2D eigenvalue weighted by molar-refractivity contribution is 6.05. The molecule has 0 heterocycles. The van der Waals surface area contributed by atoms with E-state index in [1.54, 1.807) is 18.2 Å². The Kier molecular flexibility index (Phi) is 13.1. The van der Waals surface area contributed by atoms with Crippen LogP contribution < -0.4 is 5.32 Å². The minimum absolute atomic E-state index is 0.208. The van der Waals surface area contributed by atoms with E-state index in [-0.39, 0.29) is 6.54 Å². The normalized spacial score (nSPS) is 10.7. The number of amides is 3. The highest BCUT2D eigenvalue weighted by atomic mass is 16.4. The zero-order valence-electron chi connectivity index (χ0n) is 20.2. The van der Waals surface area contributed by atoms with E-state index in [9.17, 15) is 14.4 Å². The third-order valence-electron chi connectivity index (χ3n) is 4.67. The second kappa shape index (κ2) is 15.8. The summed E-state index contributed by atoms with van der Waals surface area (Å²) in [5.41, 5.74) is 3.54. The Morgan fingerprint density at radius 2 is 1.71 bits per heavy atom. The predicted octanol–water partition coefficient (Wildman–Crippen LogP) is 6.08. The van der Waals surface area contributed by atoms with E-state index in [4.69, 9.17) is 5.11 Å². The number of rotatable bonds is 9. The van der Waals surface area contributed by atoms with Crippen LogP contribution in [0.5, 0.6) is 0 Å². The zero-order valence-corrected chi connectivity index (χ0v) is 20.2. The average molecular weight is 463 g/mol. The molecule has 0 bridgehead atoms. The van der Waals surface area contributed by atoms with Gasteiger partial charge in [-0.3, -0.25) is 14.5 Å². The van der Waals surface area contributed by atoms with Gasteiger partial charge in [-0.2, -0.15) is 0 Å². The number of urea groups is 1. The molecule has 0 saturated carbocycles. The van der Waals surface area contributed by atoms with Gasteiger partial charge in [-0.25, -0.2) is 4.79 Å². The van der Waals surface area contributed by atoms with Crippen molar-refractivity contribution in [2.75, 3.05) is 13.1 Å². The second-order valence-electron chi connectivity index (χ2n) is 7.29. The summed E-state index contributed by atoms with van der Waals surface area (Å²) in [5, 5.41) is 10.9. The molecule has 0 aromatic heterocycles. The first-order chi connectivity index (χ1) is 16.4.